The molecule has 2 rings (SSSR count). The van der Waals surface area contributed by atoms with Crippen molar-refractivity contribution in [2.24, 2.45) is 0 Å². The lowest BCUT2D eigenvalue weighted by Crippen LogP contribution is -2.21. The molecular formula is C16H17F3N4O2S. The summed E-state index contributed by atoms with van der Waals surface area (Å²) in [5, 5.41) is 5.18. The monoisotopic (exact) mass is 386 g/mol. The highest BCUT2D eigenvalue weighted by atomic mass is 32.2. The molecule has 0 aliphatic heterocycles. The molecule has 0 saturated carbocycles. The minimum Gasteiger partial charge on any atom is -0.464 e. The van der Waals surface area contributed by atoms with Crippen molar-refractivity contribution in [3.63, 3.8) is 0 Å². The molecule has 1 aromatic carbocycles. The third-order valence-electron chi connectivity index (χ3n) is 3.11. The van der Waals surface area contributed by atoms with E-state index in [4.69, 9.17) is 4.74 Å². The molecule has 0 fully saturated rings. The van der Waals surface area contributed by atoms with Gasteiger partial charge in [0, 0.05) is 10.6 Å². The summed E-state index contributed by atoms with van der Waals surface area (Å²) in [6.07, 6.45) is 0. The van der Waals surface area contributed by atoms with E-state index in [-0.39, 0.29) is 22.7 Å². The smallest absolute Gasteiger partial charge is 0.446 e. The molecule has 2 amide bonds. The number of hydrogen-bond donors (Lipinski definition) is 2. The van der Waals surface area contributed by atoms with Gasteiger partial charge in [-0.2, -0.15) is 23.1 Å². The summed E-state index contributed by atoms with van der Waals surface area (Å²) in [4.78, 5) is 20.4. The number of urea groups is 1. The quantitative estimate of drug-likeness (QED) is 0.726. The molecule has 1 aromatic heterocycles. The molecule has 0 bridgehead atoms. The molecule has 0 saturated heterocycles. The molecule has 6 nitrogen and oxygen atoms in total. The van der Waals surface area contributed by atoms with Crippen molar-refractivity contribution in [3.05, 3.63) is 35.7 Å². The number of carbonyl (C=O) groups is 1. The summed E-state index contributed by atoms with van der Waals surface area (Å²) < 4.78 is 42.2. The van der Waals surface area contributed by atoms with Gasteiger partial charge < -0.3 is 15.4 Å². The lowest BCUT2D eigenvalue weighted by Gasteiger charge is -2.13. The molecule has 2 aromatic rings. The van der Waals surface area contributed by atoms with Crippen molar-refractivity contribution >= 4 is 29.2 Å². The van der Waals surface area contributed by atoms with Crippen molar-refractivity contribution in [3.8, 4) is 6.01 Å². The minimum atomic E-state index is -4.35. The van der Waals surface area contributed by atoms with E-state index >= 15 is 0 Å². The number of benzene rings is 1. The molecule has 0 aliphatic rings. The Morgan fingerprint density at radius 3 is 2.19 bits per heavy atom. The van der Waals surface area contributed by atoms with Crippen LogP contribution in [0, 0.1) is 13.8 Å². The van der Waals surface area contributed by atoms with Crippen LogP contribution in [0.3, 0.4) is 0 Å². The average Bonchev–Trinajstić information content (AvgIpc) is 2.52. The molecule has 0 radical (unpaired) electrons. The molecule has 0 unspecified atom stereocenters. The lowest BCUT2D eigenvalue weighted by atomic mass is 10.3. The first-order chi connectivity index (χ1) is 12.2. The first-order valence-electron chi connectivity index (χ1n) is 7.60. The normalized spacial score (nSPS) is 11.2. The van der Waals surface area contributed by atoms with Crippen molar-refractivity contribution in [2.45, 2.75) is 31.2 Å². The van der Waals surface area contributed by atoms with E-state index in [2.05, 4.69) is 20.6 Å². The fourth-order valence-corrected chi connectivity index (χ4v) is 2.62. The Morgan fingerprint density at radius 1 is 1.12 bits per heavy atom. The van der Waals surface area contributed by atoms with E-state index in [0.29, 0.717) is 29.4 Å². The SMILES string of the molecule is CCOc1nc(C)c(NC(=O)Nc2ccc(SC(F)(F)F)cc2)c(C)n1. The fourth-order valence-electron chi connectivity index (χ4n) is 2.08. The standard InChI is InChI=1S/C16H17F3N4O2S/c1-4-25-15-20-9(2)13(10(3)21-15)23-14(24)22-11-5-7-12(8-6-11)26-16(17,18)19/h5-8H,4H2,1-3H3,(H2,22,23,24). The predicted octanol–water partition coefficient (Wildman–Crippen LogP) is 4.75. The Balaban J connectivity index is 2.03. The van der Waals surface area contributed by atoms with E-state index in [0.717, 1.165) is 0 Å². The van der Waals surface area contributed by atoms with Gasteiger partial charge in [-0.05, 0) is 56.8 Å². The zero-order chi connectivity index (χ0) is 19.3. The Bertz CT molecular complexity index is 759. The molecule has 2 N–H and O–H groups in total. The zero-order valence-electron chi connectivity index (χ0n) is 14.3. The van der Waals surface area contributed by atoms with Crippen LogP contribution < -0.4 is 15.4 Å². The highest BCUT2D eigenvalue weighted by Gasteiger charge is 2.29. The second-order valence-electron chi connectivity index (χ2n) is 5.14. The van der Waals surface area contributed by atoms with Gasteiger partial charge in [-0.15, -0.1) is 0 Å². The summed E-state index contributed by atoms with van der Waals surface area (Å²) in [7, 11) is 0. The molecule has 1 heterocycles. The number of aryl methyl sites for hydroxylation is 2. The van der Waals surface area contributed by atoms with Crippen LogP contribution in [0.4, 0.5) is 29.3 Å². The molecular weight excluding hydrogens is 369 g/mol. The number of alkyl halides is 3. The number of ether oxygens (including phenoxy) is 1. The van der Waals surface area contributed by atoms with Crippen molar-refractivity contribution in [2.75, 3.05) is 17.2 Å². The Morgan fingerprint density at radius 2 is 1.69 bits per heavy atom. The summed E-state index contributed by atoms with van der Waals surface area (Å²) in [6.45, 7) is 5.65. The second kappa shape index (κ2) is 8.26. The topological polar surface area (TPSA) is 76.1 Å². The van der Waals surface area contributed by atoms with Gasteiger partial charge in [0.25, 0.3) is 0 Å². The highest BCUT2D eigenvalue weighted by Crippen LogP contribution is 2.37. The van der Waals surface area contributed by atoms with Gasteiger partial charge in [-0.25, -0.2) is 4.79 Å². The summed E-state index contributed by atoms with van der Waals surface area (Å²) >= 11 is -0.217. The molecule has 26 heavy (non-hydrogen) atoms. The maximum absolute atomic E-state index is 12.3. The van der Waals surface area contributed by atoms with Gasteiger partial charge in [0.2, 0.25) is 0 Å². The average molecular weight is 386 g/mol. The molecule has 0 aliphatic carbocycles. The van der Waals surface area contributed by atoms with Crippen molar-refractivity contribution in [1.82, 2.24) is 9.97 Å². The van der Waals surface area contributed by atoms with Crippen LogP contribution in [0.25, 0.3) is 0 Å². The van der Waals surface area contributed by atoms with Gasteiger partial charge in [0.05, 0.1) is 23.7 Å². The van der Waals surface area contributed by atoms with E-state index in [1.807, 2.05) is 6.92 Å². The Kier molecular flexibility index (Phi) is 6.30. The largest absolute Gasteiger partial charge is 0.464 e. The second-order valence-corrected chi connectivity index (χ2v) is 6.27. The molecule has 0 spiro atoms. The summed E-state index contributed by atoms with van der Waals surface area (Å²) in [5.74, 6) is 0. The molecule has 0 atom stereocenters. The van der Waals surface area contributed by atoms with Crippen LogP contribution in [-0.4, -0.2) is 28.1 Å². The maximum Gasteiger partial charge on any atom is 0.446 e. The van der Waals surface area contributed by atoms with Gasteiger partial charge in [-0.3, -0.25) is 0 Å². The highest BCUT2D eigenvalue weighted by molar-refractivity contribution is 8.00. The number of anilines is 2. The number of thioether (sulfide) groups is 1. The van der Waals surface area contributed by atoms with Gasteiger partial charge >= 0.3 is 17.5 Å². The van der Waals surface area contributed by atoms with Gasteiger partial charge in [-0.1, -0.05) is 0 Å². The number of amides is 2. The first-order valence-corrected chi connectivity index (χ1v) is 8.41. The van der Waals surface area contributed by atoms with E-state index in [1.165, 1.54) is 24.3 Å². The molecule has 140 valence electrons. The van der Waals surface area contributed by atoms with Crippen molar-refractivity contribution < 1.29 is 22.7 Å². The number of aromatic nitrogens is 2. The number of hydrogen-bond acceptors (Lipinski definition) is 5. The van der Waals surface area contributed by atoms with Crippen LogP contribution in [0.5, 0.6) is 6.01 Å². The van der Waals surface area contributed by atoms with Crippen LogP contribution in [-0.2, 0) is 0 Å². The fraction of sp³-hybridized carbons (Fsp3) is 0.312. The van der Waals surface area contributed by atoms with E-state index in [9.17, 15) is 18.0 Å². The van der Waals surface area contributed by atoms with Crippen LogP contribution in [0.1, 0.15) is 18.3 Å². The van der Waals surface area contributed by atoms with Gasteiger partial charge in [0.1, 0.15) is 0 Å². The number of halogens is 3. The third-order valence-corrected chi connectivity index (χ3v) is 3.85. The van der Waals surface area contributed by atoms with Crippen LogP contribution in [0.2, 0.25) is 0 Å². The van der Waals surface area contributed by atoms with E-state index in [1.54, 1.807) is 13.8 Å². The Labute approximate surface area is 152 Å². The van der Waals surface area contributed by atoms with Crippen LogP contribution >= 0.6 is 11.8 Å². The van der Waals surface area contributed by atoms with E-state index < -0.39 is 11.5 Å². The van der Waals surface area contributed by atoms with Gasteiger partial charge in [0.15, 0.2) is 0 Å². The third kappa shape index (κ3) is 5.80. The first kappa shape index (κ1) is 19.8. The minimum absolute atomic E-state index is 0.0371. The summed E-state index contributed by atoms with van der Waals surface area (Å²) in [5.41, 5.74) is -2.48. The molecule has 10 heteroatoms. The zero-order valence-corrected chi connectivity index (χ0v) is 15.1. The number of carbonyl (C=O) groups excluding carboxylic acids is 1. The Hall–Kier alpha value is -2.49. The van der Waals surface area contributed by atoms with Crippen molar-refractivity contribution in [1.29, 1.82) is 0 Å². The summed E-state index contributed by atoms with van der Waals surface area (Å²) in [6, 6.07) is 5.02. The number of rotatable bonds is 5. The van der Waals surface area contributed by atoms with Crippen LogP contribution in [0.15, 0.2) is 29.2 Å². The lowest BCUT2D eigenvalue weighted by molar-refractivity contribution is -0.0328. The predicted molar refractivity (Wildman–Crippen MR) is 93.7 cm³/mol. The number of nitrogens with one attached hydrogen (secondary N) is 2. The number of nitrogens with zero attached hydrogens (tertiary/aromatic N) is 2. The maximum atomic E-state index is 12.3.